The second-order valence-corrected chi connectivity index (χ2v) is 36.0. The van der Waals surface area contributed by atoms with Gasteiger partial charge in [-0.1, -0.05) is 167 Å². The standard InChI is InChI=1S/C49H54N8O6.C42H49N7O5.C11H10F3NO4/c1-29(2)42(54-48(60)62-5)46(58)56-22-8-12-40(56)44-51-28-39(53-44)36-21-20-34-25-33(18-19-35(34)26-36)31-14-16-32(17-15-31)38-27-50-45(52-38)41-13-9-23-57(41)47(59)43(55(4)49(61)63-6)37-11-7-10-30(3)24-37;1-25(2)36(47-40(51)53-6)39(50)48-19-7-9-34(48)37-44-24-33(46-37)31-18-17-29-21-28(15-16-30(29)22-31)26-11-13-27(14-12-26)32-23-43-38(45-32)35-10-8-20-49(35)41(52)54-42(3,4)5;1-19-10(18)15-8(9(16)17)6-3-2-4-7(5-6)11(12,13)14/h7,10-11,14-21,24-29,40-43H,8-9,12-13,22-23H2,1-6H3,(H,50,52)(H,51,53)(H,54,60);11-18,21-25,34-36H,7-10,19-20H2,1-6H3,(H,43,45)(H,44,46)(H,47,51);2-5,8H,1H3,(H,15,18)(H,16,17)/t40-,41-,42-,43?;34-,35-,36-;/m00./s1. The number of fused-ring (bicyclic) bond motifs is 2. The van der Waals surface area contributed by atoms with Crippen LogP contribution >= 0.6 is 0 Å². The van der Waals surface area contributed by atoms with E-state index in [9.17, 15) is 56.3 Å². The second-order valence-electron chi connectivity index (χ2n) is 36.0. The monoisotopic (exact) mass is 1860 g/mol. The minimum Gasteiger partial charge on any atom is -0.479 e. The molecule has 0 spiro atoms. The first-order valence-electron chi connectivity index (χ1n) is 45.3. The van der Waals surface area contributed by atoms with Gasteiger partial charge in [0.1, 0.15) is 47.0 Å². The number of carboxylic acids is 1. The number of alkyl halides is 3. The Morgan fingerprint density at radius 3 is 1.15 bits per heavy atom. The second kappa shape index (κ2) is 42.2. The molecule has 712 valence electrons. The summed E-state index contributed by atoms with van der Waals surface area (Å²) >= 11 is 0. The number of aromatic nitrogens is 8. The Hall–Kier alpha value is -14.9. The summed E-state index contributed by atoms with van der Waals surface area (Å²) in [7, 11) is 6.52. The van der Waals surface area contributed by atoms with Crippen LogP contribution in [0.3, 0.4) is 0 Å². The molecule has 8 heterocycles. The van der Waals surface area contributed by atoms with Gasteiger partial charge in [-0.25, -0.2) is 48.7 Å². The zero-order valence-corrected chi connectivity index (χ0v) is 78.1. The molecule has 4 fully saturated rings. The van der Waals surface area contributed by atoms with Crippen molar-refractivity contribution in [2.24, 2.45) is 11.8 Å². The number of aliphatic carboxylic acids is 1. The lowest BCUT2D eigenvalue weighted by molar-refractivity contribution is -0.140. The van der Waals surface area contributed by atoms with Crippen molar-refractivity contribution < 1.29 is 85.1 Å². The summed E-state index contributed by atoms with van der Waals surface area (Å²) in [6.45, 7) is 17.6. The number of hydrogen-bond donors (Lipinski definition) is 8. The SMILES string of the molecule is COC(=O)NC(C(=O)O)c1cccc(C(F)(F)F)c1.COC(=O)N[C@H](C(=O)N1CCC[C@H]1c1ncc(-c2ccc3cc(-c4ccc(-c5cnc([C@@H]6CCCN6C(=O)C(c6cccc(C)c6)N(C)C(=O)OC)[nH]5)cc4)ccc3c2)[nH]1)C(C)C.COC(=O)N[C@H](C(=O)N1CCC[C@H]1c1ncc(-c2ccc3cc(-c4ccc(-c5cnc([C@@H]6CCCN6C(=O)OC(C)(C)C)[nH]5)cc4)ccc3c2)[nH]1)C(C)C. The quantitative estimate of drug-likeness (QED) is 0.0292. The highest BCUT2D eigenvalue weighted by Crippen LogP contribution is 2.42. The number of ether oxygens (including phenoxy) is 5. The molecule has 8 atom stereocenters. The zero-order chi connectivity index (χ0) is 97.1. The van der Waals surface area contributed by atoms with Gasteiger partial charge >= 0.3 is 42.6 Å². The van der Waals surface area contributed by atoms with Crippen LogP contribution in [-0.2, 0) is 49.0 Å². The molecule has 8 aromatic carbocycles. The Morgan fingerprint density at radius 2 is 0.772 bits per heavy atom. The fourth-order valence-corrected chi connectivity index (χ4v) is 17.9. The van der Waals surface area contributed by atoms with Crippen molar-refractivity contribution in [3.8, 4) is 67.3 Å². The van der Waals surface area contributed by atoms with E-state index in [-0.39, 0.29) is 65.4 Å². The maximum Gasteiger partial charge on any atom is 0.416 e. The summed E-state index contributed by atoms with van der Waals surface area (Å²) in [6.07, 6.45) is 6.14. The maximum atomic E-state index is 14.3. The summed E-state index contributed by atoms with van der Waals surface area (Å²) in [6, 6.07) is 49.1. The normalized spacial score (nSPS) is 16.9. The van der Waals surface area contributed by atoms with E-state index in [2.05, 4.69) is 162 Å². The van der Waals surface area contributed by atoms with Crippen LogP contribution in [0.15, 0.2) is 195 Å². The molecule has 4 saturated heterocycles. The van der Waals surface area contributed by atoms with Crippen molar-refractivity contribution in [2.75, 3.05) is 61.7 Å². The number of halogens is 3. The van der Waals surface area contributed by atoms with Gasteiger partial charge in [-0.05, 0) is 193 Å². The molecular weight excluding hydrogens is 1750 g/mol. The fraction of sp³-hybridized carbons (Fsp3) is 0.363. The number of benzene rings is 8. The molecule has 8 N–H and O–H groups in total. The molecule has 16 rings (SSSR count). The summed E-state index contributed by atoms with van der Waals surface area (Å²) in [5.74, 6) is 0.812. The van der Waals surface area contributed by atoms with Crippen molar-refractivity contribution in [2.45, 2.75) is 167 Å². The number of aryl methyl sites for hydroxylation is 1. The van der Waals surface area contributed by atoms with Gasteiger partial charge in [0.15, 0.2) is 6.04 Å². The molecule has 31 nitrogen and oxygen atoms in total. The topological polar surface area (TPSA) is 387 Å². The Morgan fingerprint density at radius 1 is 0.426 bits per heavy atom. The lowest BCUT2D eigenvalue weighted by Gasteiger charge is -2.32. The molecule has 12 aromatic rings. The number of carbonyl (C=O) groups excluding carboxylic acids is 8. The summed E-state index contributed by atoms with van der Waals surface area (Å²) < 4.78 is 61.9. The highest BCUT2D eigenvalue weighted by atomic mass is 19.4. The molecule has 4 aromatic heterocycles. The Labute approximate surface area is 785 Å². The van der Waals surface area contributed by atoms with E-state index in [1.54, 1.807) is 11.9 Å². The summed E-state index contributed by atoms with van der Waals surface area (Å²) in [5.41, 5.74) is 11.9. The highest BCUT2D eigenvalue weighted by Gasteiger charge is 2.43. The molecule has 4 aliphatic heterocycles. The van der Waals surface area contributed by atoms with Gasteiger partial charge in [-0.15, -0.1) is 0 Å². The van der Waals surface area contributed by atoms with Gasteiger partial charge in [-0.3, -0.25) is 24.2 Å². The van der Waals surface area contributed by atoms with Gasteiger partial charge in [-0.2, -0.15) is 13.2 Å². The average Bonchev–Trinajstić information content (AvgIpc) is 1.68. The van der Waals surface area contributed by atoms with Crippen LogP contribution in [0.1, 0.15) is 182 Å². The number of rotatable bonds is 22. The molecule has 0 radical (unpaired) electrons. The molecule has 0 saturated carbocycles. The molecular formula is C102H113F3N16O15. The van der Waals surface area contributed by atoms with Crippen molar-refractivity contribution in [1.82, 2.24) is 80.3 Å². The largest absolute Gasteiger partial charge is 0.479 e. The van der Waals surface area contributed by atoms with Crippen LogP contribution < -0.4 is 16.0 Å². The Kier molecular flexibility index (Phi) is 30.1. The van der Waals surface area contributed by atoms with Crippen LogP contribution in [-0.4, -0.2) is 203 Å². The molecule has 136 heavy (non-hydrogen) atoms. The summed E-state index contributed by atoms with van der Waals surface area (Å²) in [4.78, 5) is 154. The highest BCUT2D eigenvalue weighted by molar-refractivity contribution is 5.94. The minimum absolute atomic E-state index is 0.0963. The van der Waals surface area contributed by atoms with Crippen molar-refractivity contribution in [1.29, 1.82) is 0 Å². The number of methoxy groups -OCH3 is 4. The van der Waals surface area contributed by atoms with E-state index >= 15 is 0 Å². The van der Waals surface area contributed by atoms with Crippen molar-refractivity contribution in [3.05, 3.63) is 240 Å². The number of likely N-dealkylation sites (N-methyl/N-ethyl adjacent to an activating group) is 1. The van der Waals surface area contributed by atoms with Gasteiger partial charge in [0.05, 0.1) is 106 Å². The lowest BCUT2D eigenvalue weighted by atomic mass is 9.98. The average molecular weight is 1860 g/mol. The van der Waals surface area contributed by atoms with E-state index in [1.165, 1.54) is 32.3 Å². The number of likely N-dealkylation sites (tertiary alicyclic amines) is 4. The number of nitrogens with zero attached hydrogens (tertiary/aromatic N) is 9. The number of aromatic amines is 4. The first kappa shape index (κ1) is 97.2. The van der Waals surface area contributed by atoms with Gasteiger partial charge < -0.3 is 79.4 Å². The predicted molar refractivity (Wildman–Crippen MR) is 505 cm³/mol. The van der Waals surface area contributed by atoms with Crippen LogP contribution in [0, 0.1) is 18.8 Å². The van der Waals surface area contributed by atoms with Crippen LogP contribution in [0.5, 0.6) is 0 Å². The molecule has 4 aliphatic rings. The number of H-pyrrole nitrogens is 4. The third-order valence-corrected chi connectivity index (χ3v) is 25.0. The smallest absolute Gasteiger partial charge is 0.416 e. The lowest BCUT2D eigenvalue weighted by Crippen LogP contribution is -2.51. The maximum absolute atomic E-state index is 14.3. The third kappa shape index (κ3) is 22.5. The number of carboxylic acid groups (broad SMARTS) is 1. The van der Waals surface area contributed by atoms with Crippen LogP contribution in [0.2, 0.25) is 0 Å². The number of imidazole rings is 4. The molecule has 0 bridgehead atoms. The molecule has 2 unspecified atom stereocenters. The third-order valence-electron chi connectivity index (χ3n) is 25.0. The minimum atomic E-state index is -4.59. The molecule has 8 amide bonds. The van der Waals surface area contributed by atoms with Crippen LogP contribution in [0.25, 0.3) is 88.8 Å². The predicted octanol–water partition coefficient (Wildman–Crippen LogP) is 19.3. The summed E-state index contributed by atoms with van der Waals surface area (Å²) in [5, 5.41) is 20.7. The number of hydrogen-bond acceptors (Lipinski definition) is 18. The van der Waals surface area contributed by atoms with E-state index in [1.807, 2.05) is 124 Å². The van der Waals surface area contributed by atoms with E-state index < -0.39 is 71.9 Å². The fourth-order valence-electron chi connectivity index (χ4n) is 17.9. The van der Waals surface area contributed by atoms with Crippen molar-refractivity contribution in [3.63, 3.8) is 0 Å². The number of nitrogens with one attached hydrogen (secondary N) is 7. The van der Waals surface area contributed by atoms with Gasteiger partial charge in [0.25, 0.3) is 5.91 Å². The number of amides is 8. The Balaban J connectivity index is 0.000000184. The number of carbonyl (C=O) groups is 9. The Bertz CT molecular complexity index is 6340. The molecule has 0 aliphatic carbocycles. The first-order chi connectivity index (χ1) is 65.1. The van der Waals surface area contributed by atoms with E-state index in [0.717, 1.165) is 188 Å². The van der Waals surface area contributed by atoms with E-state index in [4.69, 9.17) is 39.0 Å². The van der Waals surface area contributed by atoms with Crippen LogP contribution in [0.4, 0.5) is 37.1 Å². The number of alkyl carbamates (subject to hydrolysis) is 3. The van der Waals surface area contributed by atoms with Crippen molar-refractivity contribution >= 4 is 75.7 Å². The molecule has 34 heteroatoms. The first-order valence-corrected chi connectivity index (χ1v) is 45.3. The van der Waals surface area contributed by atoms with Gasteiger partial charge in [0.2, 0.25) is 11.8 Å². The zero-order valence-electron chi connectivity index (χ0n) is 78.1. The van der Waals surface area contributed by atoms with Gasteiger partial charge in [0, 0.05) is 44.4 Å². The van der Waals surface area contributed by atoms with E-state index in [0.29, 0.717) is 38.1 Å².